The maximum Gasteiger partial charge on any atom is 0.230 e. The molecule has 0 aliphatic heterocycles. The van der Waals surface area contributed by atoms with Crippen LogP contribution in [0.15, 0.2) is 35.4 Å². The van der Waals surface area contributed by atoms with Gasteiger partial charge in [-0.1, -0.05) is 18.2 Å². The second kappa shape index (κ2) is 5.90. The molecule has 0 unspecified atom stereocenters. The third-order valence-electron chi connectivity index (χ3n) is 1.84. The van der Waals surface area contributed by atoms with Crippen molar-refractivity contribution in [3.8, 4) is 0 Å². The van der Waals surface area contributed by atoms with Crippen molar-refractivity contribution in [1.29, 1.82) is 0 Å². The zero-order chi connectivity index (χ0) is 12.0. The van der Waals surface area contributed by atoms with Crippen molar-refractivity contribution < 1.29 is 4.79 Å². The summed E-state index contributed by atoms with van der Waals surface area (Å²) < 4.78 is 0. The molecule has 0 saturated carbocycles. The van der Waals surface area contributed by atoms with E-state index in [1.165, 1.54) is 0 Å². The number of hydrogen-bond acceptors (Lipinski definition) is 3. The molecule has 4 nitrogen and oxygen atoms in total. The molecule has 1 amide bonds. The molecule has 0 radical (unpaired) electrons. The molecule has 0 bridgehead atoms. The highest BCUT2D eigenvalue weighted by Crippen LogP contribution is 2.05. The van der Waals surface area contributed by atoms with Crippen LogP contribution in [-0.4, -0.2) is 30.7 Å². The normalized spacial score (nSPS) is 11.1. The van der Waals surface area contributed by atoms with Crippen LogP contribution in [0.4, 0.5) is 5.69 Å². The first-order chi connectivity index (χ1) is 7.58. The van der Waals surface area contributed by atoms with Crippen molar-refractivity contribution in [2.45, 2.75) is 13.3 Å². The third kappa shape index (κ3) is 4.59. The third-order valence-corrected chi connectivity index (χ3v) is 1.84. The molecule has 0 fully saturated rings. The Bertz CT molecular complexity index is 371. The van der Waals surface area contributed by atoms with Gasteiger partial charge in [0.05, 0.1) is 6.42 Å². The molecule has 1 aromatic rings. The molecule has 4 heteroatoms. The number of carbonyl (C=O) groups is 1. The Labute approximate surface area is 96.0 Å². The zero-order valence-electron chi connectivity index (χ0n) is 9.90. The minimum absolute atomic E-state index is 0.0469. The lowest BCUT2D eigenvalue weighted by Crippen LogP contribution is -2.16. The Morgan fingerprint density at radius 3 is 2.50 bits per heavy atom. The van der Waals surface area contributed by atoms with Crippen LogP contribution >= 0.6 is 0 Å². The topological polar surface area (TPSA) is 44.7 Å². The van der Waals surface area contributed by atoms with Crippen molar-refractivity contribution in [2.75, 3.05) is 19.4 Å². The number of hydrogen-bond donors (Lipinski definition) is 1. The van der Waals surface area contributed by atoms with Crippen molar-refractivity contribution in [2.24, 2.45) is 5.10 Å². The number of hydrazone groups is 1. The van der Waals surface area contributed by atoms with Crippen LogP contribution in [0.3, 0.4) is 0 Å². The number of nitrogens with zero attached hydrogens (tertiary/aromatic N) is 2. The predicted molar refractivity (Wildman–Crippen MR) is 66.5 cm³/mol. The fraction of sp³-hybridized carbons (Fsp3) is 0.333. The average molecular weight is 219 g/mol. The highest BCUT2D eigenvalue weighted by molar-refractivity contribution is 6.05. The van der Waals surface area contributed by atoms with Gasteiger partial charge in [0.2, 0.25) is 5.91 Å². The van der Waals surface area contributed by atoms with E-state index in [1.807, 2.05) is 51.4 Å². The first-order valence-corrected chi connectivity index (χ1v) is 5.14. The van der Waals surface area contributed by atoms with Gasteiger partial charge in [-0.2, -0.15) is 5.10 Å². The number of carbonyl (C=O) groups excluding carboxylic acids is 1. The smallest absolute Gasteiger partial charge is 0.230 e. The lowest BCUT2D eigenvalue weighted by Gasteiger charge is -2.08. The summed E-state index contributed by atoms with van der Waals surface area (Å²) in [4.78, 5) is 11.6. The average Bonchev–Trinajstić information content (AvgIpc) is 2.17. The fourth-order valence-electron chi connectivity index (χ4n) is 1.34. The highest BCUT2D eigenvalue weighted by atomic mass is 16.1. The summed E-state index contributed by atoms with van der Waals surface area (Å²) in [5.74, 6) is -0.0469. The van der Waals surface area contributed by atoms with Gasteiger partial charge in [-0.05, 0) is 19.1 Å². The minimum Gasteiger partial charge on any atom is -0.326 e. The number of rotatable bonds is 4. The first kappa shape index (κ1) is 12.2. The predicted octanol–water partition coefficient (Wildman–Crippen LogP) is 1.95. The number of nitrogens with one attached hydrogen (secondary N) is 1. The first-order valence-electron chi connectivity index (χ1n) is 5.14. The molecule has 0 saturated heterocycles. The van der Waals surface area contributed by atoms with Crippen LogP contribution in [0.5, 0.6) is 0 Å². The van der Waals surface area contributed by atoms with E-state index in [0.29, 0.717) is 6.42 Å². The van der Waals surface area contributed by atoms with Crippen LogP contribution in [0.2, 0.25) is 0 Å². The van der Waals surface area contributed by atoms with Crippen molar-refractivity contribution in [1.82, 2.24) is 5.01 Å². The molecule has 0 aromatic heterocycles. The maximum atomic E-state index is 11.6. The largest absolute Gasteiger partial charge is 0.326 e. The maximum absolute atomic E-state index is 11.6. The van der Waals surface area contributed by atoms with Gasteiger partial charge < -0.3 is 10.3 Å². The Morgan fingerprint density at radius 1 is 1.31 bits per heavy atom. The zero-order valence-corrected chi connectivity index (χ0v) is 9.90. The van der Waals surface area contributed by atoms with Gasteiger partial charge in [-0.15, -0.1) is 0 Å². The summed E-state index contributed by atoms with van der Waals surface area (Å²) in [5, 5.41) is 8.64. The second-order valence-corrected chi connectivity index (χ2v) is 3.77. The molecule has 1 aromatic carbocycles. The monoisotopic (exact) mass is 219 g/mol. The quantitative estimate of drug-likeness (QED) is 0.621. The van der Waals surface area contributed by atoms with Gasteiger partial charge in [-0.25, -0.2) is 0 Å². The van der Waals surface area contributed by atoms with Crippen molar-refractivity contribution >= 4 is 17.3 Å². The van der Waals surface area contributed by atoms with Crippen molar-refractivity contribution in [3.05, 3.63) is 30.3 Å². The summed E-state index contributed by atoms with van der Waals surface area (Å²) in [7, 11) is 3.66. The van der Waals surface area contributed by atoms with E-state index in [1.54, 1.807) is 5.01 Å². The lowest BCUT2D eigenvalue weighted by molar-refractivity contribution is -0.115. The molecule has 1 N–H and O–H groups in total. The molecule has 0 heterocycles. The number of para-hydroxylation sites is 1. The Hall–Kier alpha value is -1.84. The highest BCUT2D eigenvalue weighted by Gasteiger charge is 2.04. The second-order valence-electron chi connectivity index (χ2n) is 3.77. The lowest BCUT2D eigenvalue weighted by atomic mass is 10.2. The molecule has 0 spiro atoms. The molecular weight excluding hydrogens is 202 g/mol. The summed E-state index contributed by atoms with van der Waals surface area (Å²) in [6.45, 7) is 1.84. The Morgan fingerprint density at radius 2 is 1.94 bits per heavy atom. The summed E-state index contributed by atoms with van der Waals surface area (Å²) >= 11 is 0. The molecule has 1 rings (SSSR count). The van der Waals surface area contributed by atoms with E-state index in [4.69, 9.17) is 0 Å². The van der Waals surface area contributed by atoms with E-state index in [2.05, 4.69) is 10.4 Å². The minimum atomic E-state index is -0.0469. The molecule has 0 aliphatic rings. The van der Waals surface area contributed by atoms with Crippen LogP contribution in [0.25, 0.3) is 0 Å². The SMILES string of the molecule is C/C(CC(=O)Nc1ccccc1)=N\N(C)C. The van der Waals surface area contributed by atoms with Gasteiger partial charge in [0.15, 0.2) is 0 Å². The van der Waals surface area contributed by atoms with Gasteiger partial charge in [-0.3, -0.25) is 4.79 Å². The van der Waals surface area contributed by atoms with Crippen LogP contribution in [0.1, 0.15) is 13.3 Å². The van der Waals surface area contributed by atoms with Crippen LogP contribution in [0, 0.1) is 0 Å². The van der Waals surface area contributed by atoms with Gasteiger partial charge in [0, 0.05) is 25.5 Å². The van der Waals surface area contributed by atoms with Crippen LogP contribution < -0.4 is 5.32 Å². The van der Waals surface area contributed by atoms with Crippen LogP contribution in [-0.2, 0) is 4.79 Å². The Kier molecular flexibility index (Phi) is 4.51. The number of anilines is 1. The van der Waals surface area contributed by atoms with E-state index in [-0.39, 0.29) is 5.91 Å². The summed E-state index contributed by atoms with van der Waals surface area (Å²) in [6.07, 6.45) is 0.313. The molecular formula is C12H17N3O. The molecule has 16 heavy (non-hydrogen) atoms. The van der Waals surface area contributed by atoms with E-state index >= 15 is 0 Å². The van der Waals surface area contributed by atoms with Gasteiger partial charge in [0.25, 0.3) is 0 Å². The Balaban J connectivity index is 2.49. The van der Waals surface area contributed by atoms with E-state index in [0.717, 1.165) is 11.4 Å². The molecule has 86 valence electrons. The number of benzene rings is 1. The number of amides is 1. The molecule has 0 aliphatic carbocycles. The van der Waals surface area contributed by atoms with E-state index < -0.39 is 0 Å². The summed E-state index contributed by atoms with van der Waals surface area (Å²) in [6, 6.07) is 9.40. The molecule has 0 atom stereocenters. The van der Waals surface area contributed by atoms with Gasteiger partial charge >= 0.3 is 0 Å². The van der Waals surface area contributed by atoms with E-state index in [9.17, 15) is 4.79 Å². The standard InChI is InChI=1S/C12H17N3O/c1-10(14-15(2)3)9-12(16)13-11-7-5-4-6-8-11/h4-8H,9H2,1-3H3,(H,13,16)/b14-10+. The fourth-order valence-corrected chi connectivity index (χ4v) is 1.34. The van der Waals surface area contributed by atoms with Crippen molar-refractivity contribution in [3.63, 3.8) is 0 Å². The van der Waals surface area contributed by atoms with Gasteiger partial charge in [0.1, 0.15) is 0 Å². The summed E-state index contributed by atoms with van der Waals surface area (Å²) in [5.41, 5.74) is 1.60.